The SMILES string of the molecule is O=C1CCCN1S(=O)(=O)c1cc(Cl)ccc1Cl. The van der Waals surface area contributed by atoms with Gasteiger partial charge in [-0.3, -0.25) is 4.79 Å². The van der Waals surface area contributed by atoms with Gasteiger partial charge in [0.2, 0.25) is 5.91 Å². The van der Waals surface area contributed by atoms with Crippen molar-refractivity contribution >= 4 is 39.1 Å². The minimum atomic E-state index is -3.87. The molecule has 0 radical (unpaired) electrons. The Hall–Kier alpha value is -0.780. The summed E-state index contributed by atoms with van der Waals surface area (Å²) in [6.07, 6.45) is 0.785. The summed E-state index contributed by atoms with van der Waals surface area (Å²) in [5, 5.41) is 0.328. The van der Waals surface area contributed by atoms with Gasteiger partial charge in [0.1, 0.15) is 4.90 Å². The van der Waals surface area contributed by atoms with E-state index < -0.39 is 15.9 Å². The first kappa shape index (κ1) is 12.7. The summed E-state index contributed by atoms with van der Waals surface area (Å²) >= 11 is 11.6. The molecule has 0 aliphatic carbocycles. The zero-order chi connectivity index (χ0) is 12.6. The van der Waals surface area contributed by atoms with Crippen LogP contribution in [0.3, 0.4) is 0 Å². The molecule has 0 unspecified atom stereocenters. The fraction of sp³-hybridized carbons (Fsp3) is 0.300. The highest BCUT2D eigenvalue weighted by molar-refractivity contribution is 7.89. The van der Waals surface area contributed by atoms with E-state index in [0.717, 1.165) is 4.31 Å². The second-order valence-electron chi connectivity index (χ2n) is 3.65. The molecule has 2 rings (SSSR count). The zero-order valence-corrected chi connectivity index (χ0v) is 11.0. The van der Waals surface area contributed by atoms with Gasteiger partial charge in [0, 0.05) is 18.0 Å². The minimum Gasteiger partial charge on any atom is -0.274 e. The number of carbonyl (C=O) groups excluding carboxylic acids is 1. The van der Waals surface area contributed by atoms with Crippen molar-refractivity contribution in [3.63, 3.8) is 0 Å². The van der Waals surface area contributed by atoms with Crippen LogP contribution >= 0.6 is 23.2 Å². The summed E-state index contributed by atoms with van der Waals surface area (Å²) in [5.74, 6) is -0.402. The topological polar surface area (TPSA) is 54.5 Å². The Balaban J connectivity index is 2.51. The number of rotatable bonds is 2. The van der Waals surface area contributed by atoms with Gasteiger partial charge in [-0.05, 0) is 24.6 Å². The van der Waals surface area contributed by atoms with Gasteiger partial charge in [-0.25, -0.2) is 12.7 Å². The van der Waals surface area contributed by atoms with Crippen molar-refractivity contribution in [2.24, 2.45) is 0 Å². The van der Waals surface area contributed by atoms with Gasteiger partial charge >= 0.3 is 0 Å². The van der Waals surface area contributed by atoms with E-state index in [1.807, 2.05) is 0 Å². The lowest BCUT2D eigenvalue weighted by molar-refractivity contribution is -0.123. The molecule has 1 saturated heterocycles. The first-order chi connectivity index (χ1) is 7.93. The highest BCUT2D eigenvalue weighted by atomic mass is 35.5. The van der Waals surface area contributed by atoms with E-state index in [9.17, 15) is 13.2 Å². The minimum absolute atomic E-state index is 0.0640. The van der Waals surface area contributed by atoms with Crippen LogP contribution in [0.15, 0.2) is 23.1 Å². The molecule has 92 valence electrons. The Morgan fingerprint density at radius 2 is 1.94 bits per heavy atom. The Morgan fingerprint density at radius 3 is 2.53 bits per heavy atom. The summed E-state index contributed by atoms with van der Waals surface area (Å²) < 4.78 is 25.2. The largest absolute Gasteiger partial charge is 0.274 e. The Morgan fingerprint density at radius 1 is 1.24 bits per heavy atom. The van der Waals surface area contributed by atoms with Crippen LogP contribution in [0.25, 0.3) is 0 Å². The summed E-state index contributed by atoms with van der Waals surface area (Å²) in [4.78, 5) is 11.3. The molecule has 0 bridgehead atoms. The van der Waals surface area contributed by atoms with Crippen molar-refractivity contribution < 1.29 is 13.2 Å². The lowest BCUT2D eigenvalue weighted by atomic mass is 10.4. The molecule has 0 saturated carbocycles. The van der Waals surface area contributed by atoms with E-state index in [2.05, 4.69) is 0 Å². The van der Waals surface area contributed by atoms with Crippen molar-refractivity contribution in [2.45, 2.75) is 17.7 Å². The number of benzene rings is 1. The number of hydrogen-bond acceptors (Lipinski definition) is 3. The van der Waals surface area contributed by atoms with E-state index in [0.29, 0.717) is 6.42 Å². The van der Waals surface area contributed by atoms with Crippen LogP contribution in [0.1, 0.15) is 12.8 Å². The monoisotopic (exact) mass is 293 g/mol. The smallest absolute Gasteiger partial charge is 0.268 e. The van der Waals surface area contributed by atoms with Crippen LogP contribution in [0, 0.1) is 0 Å². The Bertz CT molecular complexity index is 571. The van der Waals surface area contributed by atoms with E-state index in [1.165, 1.54) is 18.2 Å². The van der Waals surface area contributed by atoms with Crippen molar-refractivity contribution in [1.82, 2.24) is 4.31 Å². The molecular weight excluding hydrogens is 285 g/mol. The maximum Gasteiger partial charge on any atom is 0.268 e. The highest BCUT2D eigenvalue weighted by Gasteiger charge is 2.34. The highest BCUT2D eigenvalue weighted by Crippen LogP contribution is 2.29. The maximum absolute atomic E-state index is 12.2. The molecule has 1 amide bonds. The number of nitrogens with zero attached hydrogens (tertiary/aromatic N) is 1. The van der Waals surface area contributed by atoms with E-state index in [-0.39, 0.29) is 27.9 Å². The van der Waals surface area contributed by atoms with Gasteiger partial charge in [-0.2, -0.15) is 0 Å². The summed E-state index contributed by atoms with van der Waals surface area (Å²) in [6, 6.07) is 4.15. The average Bonchev–Trinajstić information content (AvgIpc) is 2.68. The molecule has 0 aromatic heterocycles. The van der Waals surface area contributed by atoms with Crippen LogP contribution < -0.4 is 0 Å². The fourth-order valence-electron chi connectivity index (χ4n) is 1.67. The predicted molar refractivity (Wildman–Crippen MR) is 64.6 cm³/mol. The van der Waals surface area contributed by atoms with Crippen LogP contribution in [0.5, 0.6) is 0 Å². The van der Waals surface area contributed by atoms with Crippen molar-refractivity contribution in [3.8, 4) is 0 Å². The summed E-state index contributed by atoms with van der Waals surface area (Å²) in [7, 11) is -3.87. The first-order valence-electron chi connectivity index (χ1n) is 4.93. The third kappa shape index (κ3) is 2.27. The third-order valence-corrected chi connectivity index (χ3v) is 5.03. The average molecular weight is 294 g/mol. The van der Waals surface area contributed by atoms with E-state index in [4.69, 9.17) is 23.2 Å². The zero-order valence-electron chi connectivity index (χ0n) is 8.69. The quantitative estimate of drug-likeness (QED) is 0.841. The van der Waals surface area contributed by atoms with E-state index >= 15 is 0 Å². The number of hydrogen-bond donors (Lipinski definition) is 0. The summed E-state index contributed by atoms with van der Waals surface area (Å²) in [6.45, 7) is 0.198. The van der Waals surface area contributed by atoms with Crippen molar-refractivity contribution in [1.29, 1.82) is 0 Å². The van der Waals surface area contributed by atoms with Crippen LogP contribution in [-0.4, -0.2) is 25.2 Å². The van der Waals surface area contributed by atoms with Crippen LogP contribution in [0.4, 0.5) is 0 Å². The van der Waals surface area contributed by atoms with Gasteiger partial charge < -0.3 is 0 Å². The summed E-state index contributed by atoms with van der Waals surface area (Å²) in [5.41, 5.74) is 0. The molecule has 1 heterocycles. The molecule has 0 atom stereocenters. The Labute approximate surface area is 109 Å². The number of halogens is 2. The normalized spacial score (nSPS) is 16.6. The van der Waals surface area contributed by atoms with Crippen molar-refractivity contribution in [3.05, 3.63) is 28.2 Å². The number of carbonyl (C=O) groups is 1. The number of amides is 1. The lowest BCUT2D eigenvalue weighted by Gasteiger charge is -2.16. The van der Waals surface area contributed by atoms with Gasteiger partial charge in [-0.1, -0.05) is 23.2 Å². The molecule has 1 aliphatic rings. The van der Waals surface area contributed by atoms with Gasteiger partial charge in [0.25, 0.3) is 10.0 Å². The molecule has 0 N–H and O–H groups in total. The molecule has 0 spiro atoms. The molecule has 1 aliphatic heterocycles. The van der Waals surface area contributed by atoms with Gasteiger partial charge in [-0.15, -0.1) is 0 Å². The second kappa shape index (κ2) is 4.48. The third-order valence-electron chi connectivity index (χ3n) is 2.49. The molecular formula is C10H9Cl2NO3S. The maximum atomic E-state index is 12.2. The molecule has 1 fully saturated rings. The molecule has 7 heteroatoms. The van der Waals surface area contributed by atoms with E-state index in [1.54, 1.807) is 0 Å². The van der Waals surface area contributed by atoms with Crippen LogP contribution in [-0.2, 0) is 14.8 Å². The number of sulfonamides is 1. The molecule has 17 heavy (non-hydrogen) atoms. The first-order valence-corrected chi connectivity index (χ1v) is 7.13. The van der Waals surface area contributed by atoms with Gasteiger partial charge in [0.15, 0.2) is 0 Å². The second-order valence-corrected chi connectivity index (χ2v) is 6.32. The lowest BCUT2D eigenvalue weighted by Crippen LogP contribution is -2.32. The fourth-order valence-corrected chi connectivity index (χ4v) is 3.87. The Kier molecular flexibility index (Phi) is 3.34. The molecule has 1 aromatic carbocycles. The molecule has 4 nitrogen and oxygen atoms in total. The predicted octanol–water partition coefficient (Wildman–Crippen LogP) is 2.30. The van der Waals surface area contributed by atoms with Crippen molar-refractivity contribution in [2.75, 3.05) is 6.54 Å². The van der Waals surface area contributed by atoms with Crippen LogP contribution in [0.2, 0.25) is 10.0 Å². The molecule has 1 aromatic rings. The van der Waals surface area contributed by atoms with Gasteiger partial charge in [0.05, 0.1) is 5.02 Å². The standard InChI is InChI=1S/C10H9Cl2NO3S/c11-7-3-4-8(12)9(6-7)17(15,16)13-5-1-2-10(13)14/h3-4,6H,1-2,5H2.